The fourth-order valence-corrected chi connectivity index (χ4v) is 3.53. The van der Waals surface area contributed by atoms with Crippen molar-refractivity contribution in [1.82, 2.24) is 10.3 Å². The molecule has 1 aliphatic heterocycles. The van der Waals surface area contributed by atoms with Crippen LogP contribution in [-0.2, 0) is 16.1 Å². The maximum Gasteiger partial charge on any atom is 0.271 e. The fraction of sp³-hybridized carbons (Fsp3) is 0.222. The van der Waals surface area contributed by atoms with Gasteiger partial charge in [0.25, 0.3) is 11.8 Å². The highest BCUT2D eigenvalue weighted by Crippen LogP contribution is 2.12. The summed E-state index contributed by atoms with van der Waals surface area (Å²) in [6.07, 6.45) is 1.55. The third kappa shape index (κ3) is 7.77. The molecule has 3 aromatic rings. The number of carbonyl (C=O) groups excluding carboxylic acids is 2. The molecule has 2 N–H and O–H groups in total. The molecule has 0 spiro atoms. The predicted octanol–water partition coefficient (Wildman–Crippen LogP) is 3.30. The second kappa shape index (κ2) is 12.5. The average Bonchev–Trinajstić information content (AvgIpc) is 2.90. The Bertz CT molecular complexity index is 1130. The number of hydrazone groups is 1. The van der Waals surface area contributed by atoms with Crippen LogP contribution in [0.5, 0.6) is 5.75 Å². The lowest BCUT2D eigenvalue weighted by molar-refractivity contribution is -0.118. The molecule has 1 fully saturated rings. The van der Waals surface area contributed by atoms with E-state index in [1.54, 1.807) is 42.6 Å². The molecule has 1 heterocycles. The molecule has 8 heteroatoms. The van der Waals surface area contributed by atoms with E-state index in [0.717, 1.165) is 49.7 Å². The molecule has 1 aliphatic rings. The summed E-state index contributed by atoms with van der Waals surface area (Å²) in [4.78, 5) is 26.7. The fourth-order valence-electron chi connectivity index (χ4n) is 3.53. The van der Waals surface area contributed by atoms with Crippen LogP contribution in [0.2, 0.25) is 0 Å². The van der Waals surface area contributed by atoms with Crippen LogP contribution in [0.25, 0.3) is 0 Å². The Balaban J connectivity index is 1.20. The van der Waals surface area contributed by atoms with E-state index in [4.69, 9.17) is 9.47 Å². The molecule has 0 aliphatic carbocycles. The number of benzene rings is 3. The molecule has 0 aromatic heterocycles. The number of rotatable bonds is 9. The highest BCUT2D eigenvalue weighted by atomic mass is 16.5. The number of nitrogens with one attached hydrogen (secondary N) is 2. The zero-order valence-corrected chi connectivity index (χ0v) is 19.4. The lowest BCUT2D eigenvalue weighted by Gasteiger charge is -2.26. The second-order valence-electron chi connectivity index (χ2n) is 8.06. The Labute approximate surface area is 204 Å². The lowest BCUT2D eigenvalue weighted by Crippen LogP contribution is -2.35. The van der Waals surface area contributed by atoms with Gasteiger partial charge in [0.2, 0.25) is 0 Å². The first kappa shape index (κ1) is 24.1. The number of morpholine rings is 1. The minimum atomic E-state index is -0.274. The minimum absolute atomic E-state index is 0.0936. The van der Waals surface area contributed by atoms with Crippen LogP contribution in [0.3, 0.4) is 0 Å². The number of hydrogen-bond acceptors (Lipinski definition) is 6. The topological polar surface area (TPSA) is 92.3 Å². The van der Waals surface area contributed by atoms with Crippen molar-refractivity contribution in [2.24, 2.45) is 5.10 Å². The molecule has 180 valence electrons. The number of para-hydroxylation sites is 1. The molecular formula is C27H28N4O4. The number of nitrogens with zero attached hydrogens (tertiary/aromatic N) is 2. The van der Waals surface area contributed by atoms with Crippen LogP contribution in [0.1, 0.15) is 21.5 Å². The molecule has 3 aromatic carbocycles. The Kier molecular flexibility index (Phi) is 8.58. The van der Waals surface area contributed by atoms with E-state index in [2.05, 4.69) is 20.7 Å². The van der Waals surface area contributed by atoms with Crippen molar-refractivity contribution in [2.45, 2.75) is 6.54 Å². The van der Waals surface area contributed by atoms with Gasteiger partial charge in [-0.3, -0.25) is 14.5 Å². The zero-order chi connectivity index (χ0) is 24.3. The van der Waals surface area contributed by atoms with Gasteiger partial charge in [-0.2, -0.15) is 5.10 Å². The van der Waals surface area contributed by atoms with Crippen LogP contribution < -0.4 is 15.5 Å². The molecule has 0 bridgehead atoms. The first-order chi connectivity index (χ1) is 17.2. The van der Waals surface area contributed by atoms with Crippen LogP contribution in [0, 0.1) is 0 Å². The van der Waals surface area contributed by atoms with Crippen LogP contribution in [0.15, 0.2) is 84.0 Å². The van der Waals surface area contributed by atoms with Gasteiger partial charge in [0.15, 0.2) is 6.61 Å². The van der Waals surface area contributed by atoms with Crippen molar-refractivity contribution in [3.63, 3.8) is 0 Å². The summed E-state index contributed by atoms with van der Waals surface area (Å²) in [6, 6.07) is 23.8. The quantitative estimate of drug-likeness (QED) is 0.368. The number of hydrogen-bond donors (Lipinski definition) is 2. The third-order valence-corrected chi connectivity index (χ3v) is 5.41. The van der Waals surface area contributed by atoms with Crippen molar-refractivity contribution < 1.29 is 19.1 Å². The Hall–Kier alpha value is -4.01. The normalized spacial score (nSPS) is 13.9. The monoisotopic (exact) mass is 472 g/mol. The van der Waals surface area contributed by atoms with Gasteiger partial charge < -0.3 is 14.8 Å². The Morgan fingerprint density at radius 3 is 2.37 bits per heavy atom. The SMILES string of the molecule is O=C(COc1ccc(/C=N\NC(=O)c2ccc(CN3CCOCC3)cc2)cc1)Nc1ccccc1. The highest BCUT2D eigenvalue weighted by molar-refractivity contribution is 5.95. The third-order valence-electron chi connectivity index (χ3n) is 5.41. The van der Waals surface area contributed by atoms with Crippen molar-refractivity contribution >= 4 is 23.7 Å². The van der Waals surface area contributed by atoms with Crippen molar-refractivity contribution in [3.8, 4) is 5.75 Å². The van der Waals surface area contributed by atoms with Crippen molar-refractivity contribution in [2.75, 3.05) is 38.2 Å². The second-order valence-corrected chi connectivity index (χ2v) is 8.06. The zero-order valence-electron chi connectivity index (χ0n) is 19.4. The summed E-state index contributed by atoms with van der Waals surface area (Å²) in [5.74, 6) is 0.0498. The van der Waals surface area contributed by atoms with Crippen molar-refractivity contribution in [1.29, 1.82) is 0 Å². The maximum atomic E-state index is 12.4. The maximum absolute atomic E-state index is 12.4. The van der Waals surface area contributed by atoms with E-state index < -0.39 is 0 Å². The Morgan fingerprint density at radius 1 is 0.943 bits per heavy atom. The van der Waals surface area contributed by atoms with E-state index in [0.29, 0.717) is 11.3 Å². The Morgan fingerprint density at radius 2 is 1.66 bits per heavy atom. The van der Waals surface area contributed by atoms with E-state index in [1.165, 1.54) is 0 Å². The molecule has 35 heavy (non-hydrogen) atoms. The van der Waals surface area contributed by atoms with Gasteiger partial charge in [0.05, 0.1) is 19.4 Å². The lowest BCUT2D eigenvalue weighted by atomic mass is 10.1. The van der Waals surface area contributed by atoms with E-state index in [9.17, 15) is 9.59 Å². The number of anilines is 1. The molecule has 0 unspecified atom stereocenters. The smallest absolute Gasteiger partial charge is 0.271 e. The predicted molar refractivity (Wildman–Crippen MR) is 135 cm³/mol. The molecule has 0 saturated carbocycles. The summed E-state index contributed by atoms with van der Waals surface area (Å²) in [5, 5.41) is 6.80. The largest absolute Gasteiger partial charge is 0.484 e. The molecule has 2 amide bonds. The summed E-state index contributed by atoms with van der Waals surface area (Å²) in [7, 11) is 0. The van der Waals surface area contributed by atoms with Gasteiger partial charge in [0.1, 0.15) is 5.75 Å². The summed E-state index contributed by atoms with van der Waals surface area (Å²) < 4.78 is 10.9. The van der Waals surface area contributed by atoms with Gasteiger partial charge in [-0.25, -0.2) is 5.43 Å². The van der Waals surface area contributed by atoms with Gasteiger partial charge >= 0.3 is 0 Å². The average molecular weight is 473 g/mol. The molecule has 4 rings (SSSR count). The van der Waals surface area contributed by atoms with Gasteiger partial charge in [0, 0.05) is 30.9 Å². The van der Waals surface area contributed by atoms with Gasteiger partial charge in [-0.05, 0) is 59.7 Å². The van der Waals surface area contributed by atoms with E-state index in [-0.39, 0.29) is 18.4 Å². The standard InChI is InChI=1S/C27H28N4O4/c32-26(29-24-4-2-1-3-5-24)20-35-25-12-8-21(9-13-25)18-28-30-27(33)23-10-6-22(7-11-23)19-31-14-16-34-17-15-31/h1-13,18H,14-17,19-20H2,(H,29,32)(H,30,33)/b28-18-. The molecule has 0 atom stereocenters. The number of amides is 2. The molecular weight excluding hydrogens is 444 g/mol. The van der Waals surface area contributed by atoms with Crippen LogP contribution in [-0.4, -0.2) is 55.8 Å². The van der Waals surface area contributed by atoms with Crippen LogP contribution >= 0.6 is 0 Å². The molecule has 8 nitrogen and oxygen atoms in total. The van der Waals surface area contributed by atoms with Crippen molar-refractivity contribution in [3.05, 3.63) is 95.6 Å². The van der Waals surface area contributed by atoms with Gasteiger partial charge in [-0.15, -0.1) is 0 Å². The summed E-state index contributed by atoms with van der Waals surface area (Å²) in [6.45, 7) is 4.13. The van der Waals surface area contributed by atoms with E-state index in [1.807, 2.05) is 42.5 Å². The highest BCUT2D eigenvalue weighted by Gasteiger charge is 2.11. The first-order valence-electron chi connectivity index (χ1n) is 11.5. The molecule has 1 saturated heterocycles. The van der Waals surface area contributed by atoms with Gasteiger partial charge in [-0.1, -0.05) is 30.3 Å². The molecule has 0 radical (unpaired) electrons. The first-order valence-corrected chi connectivity index (χ1v) is 11.5. The number of carbonyl (C=O) groups is 2. The summed E-state index contributed by atoms with van der Waals surface area (Å²) in [5.41, 5.74) is 5.76. The number of ether oxygens (including phenoxy) is 2. The van der Waals surface area contributed by atoms with Crippen LogP contribution in [0.4, 0.5) is 5.69 Å². The summed E-state index contributed by atoms with van der Waals surface area (Å²) >= 11 is 0. The van der Waals surface area contributed by atoms with E-state index >= 15 is 0 Å². The minimum Gasteiger partial charge on any atom is -0.484 e.